The van der Waals surface area contributed by atoms with E-state index in [1.54, 1.807) is 14.0 Å². The molecule has 0 saturated heterocycles. The summed E-state index contributed by atoms with van der Waals surface area (Å²) in [6.45, 7) is 1.70. The van der Waals surface area contributed by atoms with Crippen molar-refractivity contribution in [2.24, 2.45) is 7.05 Å². The number of carbonyl (C=O) groups is 1. The number of nitrogens with zero attached hydrogens (tertiary/aromatic N) is 5. The van der Waals surface area contributed by atoms with E-state index in [0.717, 1.165) is 11.3 Å². The molecule has 3 aromatic rings. The van der Waals surface area contributed by atoms with Crippen molar-refractivity contribution in [2.45, 2.75) is 6.92 Å². The Labute approximate surface area is 116 Å². The average Bonchev–Trinajstić information content (AvgIpc) is 2.95. The van der Waals surface area contributed by atoms with Crippen LogP contribution in [0.3, 0.4) is 0 Å². The zero-order chi connectivity index (χ0) is 14.3. The fraction of sp³-hybridized carbons (Fsp3) is 0.182. The second-order valence-electron chi connectivity index (χ2n) is 4.02. The van der Waals surface area contributed by atoms with Gasteiger partial charge in [0.15, 0.2) is 0 Å². The highest BCUT2D eigenvalue weighted by atomic mass is 32.1. The van der Waals surface area contributed by atoms with Crippen molar-refractivity contribution in [1.29, 1.82) is 0 Å². The fourth-order valence-electron chi connectivity index (χ4n) is 1.77. The summed E-state index contributed by atoms with van der Waals surface area (Å²) in [5, 5.41) is 13.7. The number of rotatable bonds is 3. The van der Waals surface area contributed by atoms with Gasteiger partial charge in [-0.15, -0.1) is 16.4 Å². The molecule has 0 spiro atoms. The van der Waals surface area contributed by atoms with Gasteiger partial charge in [0.1, 0.15) is 22.4 Å². The molecule has 0 bridgehead atoms. The molecule has 102 valence electrons. The van der Waals surface area contributed by atoms with E-state index in [0.29, 0.717) is 15.8 Å². The number of ether oxygens (including phenoxy) is 1. The minimum atomic E-state index is -0.993. The summed E-state index contributed by atoms with van der Waals surface area (Å²) in [5.74, 6) is -0.741. The number of hydrogen-bond acceptors (Lipinski definition) is 7. The van der Waals surface area contributed by atoms with Crippen LogP contribution in [-0.2, 0) is 7.05 Å². The first-order valence-corrected chi connectivity index (χ1v) is 6.39. The standard InChI is InChI=1S/C11H9N5O3S/c1-5-6-8(19-11-14-4-16(2)15-11)12-3-13-9(6)20-7(5)10(17)18/h3-4H,1-2H3,(H,17,18). The van der Waals surface area contributed by atoms with Gasteiger partial charge in [-0.2, -0.15) is 4.98 Å². The van der Waals surface area contributed by atoms with E-state index in [2.05, 4.69) is 20.1 Å². The lowest BCUT2D eigenvalue weighted by atomic mass is 10.2. The fourth-order valence-corrected chi connectivity index (χ4v) is 2.75. The Morgan fingerprint density at radius 1 is 1.40 bits per heavy atom. The van der Waals surface area contributed by atoms with Crippen LogP contribution in [0.2, 0.25) is 0 Å². The van der Waals surface area contributed by atoms with Crippen LogP contribution >= 0.6 is 11.3 Å². The molecule has 0 atom stereocenters. The SMILES string of the molecule is Cc1c(C(=O)O)sc2ncnc(Oc3ncn(C)n3)c12. The Morgan fingerprint density at radius 3 is 2.85 bits per heavy atom. The number of fused-ring (bicyclic) bond motifs is 1. The molecule has 1 N–H and O–H groups in total. The van der Waals surface area contributed by atoms with Gasteiger partial charge in [-0.3, -0.25) is 4.68 Å². The van der Waals surface area contributed by atoms with Crippen LogP contribution in [-0.4, -0.2) is 35.8 Å². The summed E-state index contributed by atoms with van der Waals surface area (Å²) in [4.78, 5) is 24.0. The molecule has 0 aliphatic rings. The van der Waals surface area contributed by atoms with Crippen LogP contribution in [0.25, 0.3) is 10.2 Å². The first kappa shape index (κ1) is 12.5. The van der Waals surface area contributed by atoms with Gasteiger partial charge in [0, 0.05) is 7.05 Å². The Hall–Kier alpha value is -2.55. The third-order valence-corrected chi connectivity index (χ3v) is 3.84. The largest absolute Gasteiger partial charge is 0.477 e. The third kappa shape index (κ3) is 1.97. The summed E-state index contributed by atoms with van der Waals surface area (Å²) < 4.78 is 7.00. The van der Waals surface area contributed by atoms with E-state index >= 15 is 0 Å². The number of carboxylic acid groups (broad SMARTS) is 1. The number of hydrogen-bond donors (Lipinski definition) is 1. The van der Waals surface area contributed by atoms with Crippen molar-refractivity contribution >= 4 is 27.5 Å². The number of carboxylic acids is 1. The predicted octanol–water partition coefficient (Wildman–Crippen LogP) is 1.62. The van der Waals surface area contributed by atoms with Crippen molar-refractivity contribution in [3.63, 3.8) is 0 Å². The average molecular weight is 291 g/mol. The molecule has 20 heavy (non-hydrogen) atoms. The molecule has 0 fully saturated rings. The molecule has 0 saturated carbocycles. The zero-order valence-electron chi connectivity index (χ0n) is 10.6. The van der Waals surface area contributed by atoms with Crippen molar-refractivity contribution in [2.75, 3.05) is 0 Å². The van der Waals surface area contributed by atoms with Crippen LogP contribution < -0.4 is 4.74 Å². The molecule has 3 rings (SSSR count). The minimum Gasteiger partial charge on any atom is -0.477 e. The van der Waals surface area contributed by atoms with Gasteiger partial charge in [0.05, 0.1) is 5.39 Å². The zero-order valence-corrected chi connectivity index (χ0v) is 11.4. The normalized spacial score (nSPS) is 10.9. The Morgan fingerprint density at radius 2 is 2.20 bits per heavy atom. The maximum Gasteiger partial charge on any atom is 0.346 e. The van der Waals surface area contributed by atoms with Gasteiger partial charge in [0.2, 0.25) is 5.88 Å². The molecular weight excluding hydrogens is 282 g/mol. The Bertz CT molecular complexity index is 810. The maximum absolute atomic E-state index is 11.2. The maximum atomic E-state index is 11.2. The van der Waals surface area contributed by atoms with Gasteiger partial charge in [0.25, 0.3) is 0 Å². The second-order valence-corrected chi connectivity index (χ2v) is 5.02. The highest BCUT2D eigenvalue weighted by Crippen LogP contribution is 2.35. The molecule has 0 unspecified atom stereocenters. The molecule has 0 amide bonds. The lowest BCUT2D eigenvalue weighted by molar-refractivity contribution is 0.0701. The summed E-state index contributed by atoms with van der Waals surface area (Å²) in [6.07, 6.45) is 2.82. The number of aromatic nitrogens is 5. The Kier molecular flexibility index (Phi) is 2.83. The van der Waals surface area contributed by atoms with E-state index < -0.39 is 5.97 Å². The first-order chi connectivity index (χ1) is 9.56. The molecule has 9 heteroatoms. The molecular formula is C11H9N5O3S. The molecule has 0 radical (unpaired) electrons. The monoisotopic (exact) mass is 291 g/mol. The summed E-state index contributed by atoms with van der Waals surface area (Å²) >= 11 is 1.09. The van der Waals surface area contributed by atoms with Gasteiger partial charge >= 0.3 is 12.0 Å². The molecule has 0 aliphatic heterocycles. The van der Waals surface area contributed by atoms with Crippen molar-refractivity contribution < 1.29 is 14.6 Å². The van der Waals surface area contributed by atoms with E-state index in [9.17, 15) is 4.79 Å². The lowest BCUT2D eigenvalue weighted by Crippen LogP contribution is -1.96. The second kappa shape index (κ2) is 4.53. The molecule has 0 aromatic carbocycles. The summed E-state index contributed by atoms with van der Waals surface area (Å²) in [6, 6.07) is 0.148. The van der Waals surface area contributed by atoms with Crippen LogP contribution in [0.1, 0.15) is 15.2 Å². The molecule has 3 aromatic heterocycles. The van der Waals surface area contributed by atoms with Gasteiger partial charge < -0.3 is 9.84 Å². The van der Waals surface area contributed by atoms with Crippen LogP contribution in [0, 0.1) is 6.92 Å². The number of aromatic carboxylic acids is 1. The molecule has 0 aliphatic carbocycles. The van der Waals surface area contributed by atoms with Gasteiger partial charge in [-0.05, 0) is 12.5 Å². The van der Waals surface area contributed by atoms with Crippen molar-refractivity contribution in [1.82, 2.24) is 24.7 Å². The summed E-state index contributed by atoms with van der Waals surface area (Å²) in [7, 11) is 1.72. The van der Waals surface area contributed by atoms with Gasteiger partial charge in [-0.25, -0.2) is 14.8 Å². The minimum absolute atomic E-state index is 0.148. The molecule has 8 nitrogen and oxygen atoms in total. The molecule has 3 heterocycles. The highest BCUT2D eigenvalue weighted by Gasteiger charge is 2.20. The lowest BCUT2D eigenvalue weighted by Gasteiger charge is -2.01. The first-order valence-electron chi connectivity index (χ1n) is 5.57. The number of aryl methyl sites for hydroxylation is 2. The van der Waals surface area contributed by atoms with E-state index in [4.69, 9.17) is 9.84 Å². The highest BCUT2D eigenvalue weighted by molar-refractivity contribution is 7.20. The van der Waals surface area contributed by atoms with E-state index in [1.807, 2.05) is 0 Å². The van der Waals surface area contributed by atoms with Crippen molar-refractivity contribution in [3.05, 3.63) is 23.1 Å². The number of thiophene rings is 1. The quantitative estimate of drug-likeness (QED) is 0.782. The van der Waals surface area contributed by atoms with E-state index in [-0.39, 0.29) is 16.8 Å². The van der Waals surface area contributed by atoms with Gasteiger partial charge in [-0.1, -0.05) is 0 Å². The van der Waals surface area contributed by atoms with Crippen LogP contribution in [0.15, 0.2) is 12.7 Å². The van der Waals surface area contributed by atoms with Crippen molar-refractivity contribution in [3.8, 4) is 11.9 Å². The Balaban J connectivity index is 2.13. The predicted molar refractivity (Wildman–Crippen MR) is 70.2 cm³/mol. The van der Waals surface area contributed by atoms with Crippen LogP contribution in [0.5, 0.6) is 11.9 Å². The topological polar surface area (TPSA) is 103 Å². The smallest absolute Gasteiger partial charge is 0.346 e. The van der Waals surface area contributed by atoms with E-state index in [1.165, 1.54) is 17.3 Å². The third-order valence-electron chi connectivity index (χ3n) is 2.65. The van der Waals surface area contributed by atoms with Crippen LogP contribution in [0.4, 0.5) is 0 Å². The summed E-state index contributed by atoms with van der Waals surface area (Å²) in [5.41, 5.74) is 0.573.